The second-order valence-corrected chi connectivity index (χ2v) is 7.10. The minimum absolute atomic E-state index is 0.213. The number of aromatic nitrogens is 3. The molecule has 0 aliphatic carbocycles. The number of para-hydroxylation sites is 1. The lowest BCUT2D eigenvalue weighted by Crippen LogP contribution is -2.26. The third kappa shape index (κ3) is 3.57. The maximum absolute atomic E-state index is 12.5. The summed E-state index contributed by atoms with van der Waals surface area (Å²) in [5.74, 6) is 0. The summed E-state index contributed by atoms with van der Waals surface area (Å²) in [6.07, 6.45) is 5.98. The van der Waals surface area contributed by atoms with E-state index >= 15 is 0 Å². The quantitative estimate of drug-likeness (QED) is 0.702. The van der Waals surface area contributed by atoms with Crippen LogP contribution < -0.4 is 4.72 Å². The Kier molecular flexibility index (Phi) is 4.40. The predicted octanol–water partition coefficient (Wildman–Crippen LogP) is 2.11. The number of pyridine rings is 1. The van der Waals surface area contributed by atoms with E-state index in [9.17, 15) is 8.42 Å². The highest BCUT2D eigenvalue weighted by Gasteiger charge is 2.17. The Bertz CT molecular complexity index is 913. The first-order chi connectivity index (χ1) is 11.1. The maximum Gasteiger partial charge on any atom is 0.242 e. The molecule has 120 valence electrons. The van der Waals surface area contributed by atoms with Gasteiger partial charge in [-0.15, -0.1) is 0 Å². The van der Waals surface area contributed by atoms with Gasteiger partial charge in [0.2, 0.25) is 10.0 Å². The monoisotopic (exact) mass is 330 g/mol. The van der Waals surface area contributed by atoms with E-state index < -0.39 is 10.0 Å². The maximum atomic E-state index is 12.5. The van der Waals surface area contributed by atoms with Gasteiger partial charge in [0.1, 0.15) is 4.90 Å². The van der Waals surface area contributed by atoms with Gasteiger partial charge in [-0.05, 0) is 31.0 Å². The Morgan fingerprint density at radius 2 is 2.04 bits per heavy atom. The summed E-state index contributed by atoms with van der Waals surface area (Å²) >= 11 is 0. The molecular formula is C16H18N4O2S. The molecular weight excluding hydrogens is 312 g/mol. The molecule has 23 heavy (non-hydrogen) atoms. The van der Waals surface area contributed by atoms with E-state index in [1.54, 1.807) is 30.6 Å². The lowest BCUT2D eigenvalue weighted by molar-refractivity contribution is 0.553. The molecule has 0 aliphatic heterocycles. The normalized spacial score (nSPS) is 11.9. The molecule has 0 spiro atoms. The lowest BCUT2D eigenvalue weighted by Gasteiger charge is -2.09. The summed E-state index contributed by atoms with van der Waals surface area (Å²) in [5, 5.41) is 4.99. The zero-order valence-electron chi connectivity index (χ0n) is 12.8. The van der Waals surface area contributed by atoms with Crippen LogP contribution in [0.2, 0.25) is 0 Å². The smallest absolute Gasteiger partial charge is 0.242 e. The number of nitrogens with zero attached hydrogens (tertiary/aromatic N) is 3. The fraction of sp³-hybridized carbons (Fsp3) is 0.250. The SMILES string of the molecule is Cc1cnn(CCCNS(=O)(=O)c2cccc3cccnc23)c1. The summed E-state index contributed by atoms with van der Waals surface area (Å²) in [6, 6.07) is 8.79. The van der Waals surface area contributed by atoms with Crippen molar-refractivity contribution in [2.45, 2.75) is 24.8 Å². The number of hydrogen-bond acceptors (Lipinski definition) is 4. The minimum Gasteiger partial charge on any atom is -0.272 e. The molecule has 0 saturated carbocycles. The molecule has 1 aromatic carbocycles. The highest BCUT2D eigenvalue weighted by atomic mass is 32.2. The number of benzene rings is 1. The van der Waals surface area contributed by atoms with E-state index in [1.165, 1.54) is 0 Å². The van der Waals surface area contributed by atoms with Crippen molar-refractivity contribution in [3.05, 3.63) is 54.5 Å². The molecule has 7 heteroatoms. The van der Waals surface area contributed by atoms with Crippen LogP contribution in [0.4, 0.5) is 0 Å². The third-order valence-electron chi connectivity index (χ3n) is 3.50. The second-order valence-electron chi connectivity index (χ2n) is 5.36. The van der Waals surface area contributed by atoms with Crippen LogP contribution in [-0.4, -0.2) is 29.7 Å². The van der Waals surface area contributed by atoms with Gasteiger partial charge < -0.3 is 0 Å². The summed E-state index contributed by atoms with van der Waals surface area (Å²) in [6.45, 7) is 2.99. The van der Waals surface area contributed by atoms with E-state index in [1.807, 2.05) is 29.9 Å². The van der Waals surface area contributed by atoms with Gasteiger partial charge in [-0.3, -0.25) is 9.67 Å². The van der Waals surface area contributed by atoms with Gasteiger partial charge in [-0.1, -0.05) is 18.2 Å². The van der Waals surface area contributed by atoms with E-state index in [4.69, 9.17) is 0 Å². The molecule has 0 fully saturated rings. The molecule has 0 saturated heterocycles. The lowest BCUT2D eigenvalue weighted by atomic mass is 10.2. The number of hydrogen-bond donors (Lipinski definition) is 1. The van der Waals surface area contributed by atoms with Crippen molar-refractivity contribution in [1.29, 1.82) is 0 Å². The first kappa shape index (κ1) is 15.6. The van der Waals surface area contributed by atoms with E-state index in [0.717, 1.165) is 10.9 Å². The molecule has 0 aliphatic rings. The fourth-order valence-electron chi connectivity index (χ4n) is 2.41. The van der Waals surface area contributed by atoms with Gasteiger partial charge in [0.25, 0.3) is 0 Å². The largest absolute Gasteiger partial charge is 0.272 e. The van der Waals surface area contributed by atoms with Crippen molar-refractivity contribution in [3.63, 3.8) is 0 Å². The van der Waals surface area contributed by atoms with E-state index in [2.05, 4.69) is 14.8 Å². The molecule has 1 N–H and O–H groups in total. The molecule has 6 nitrogen and oxygen atoms in total. The number of rotatable bonds is 6. The molecule has 0 amide bonds. The molecule has 0 bridgehead atoms. The van der Waals surface area contributed by atoms with Gasteiger partial charge in [-0.2, -0.15) is 5.10 Å². The van der Waals surface area contributed by atoms with Crippen LogP contribution in [0.25, 0.3) is 10.9 Å². The summed E-state index contributed by atoms with van der Waals surface area (Å²) in [4.78, 5) is 4.41. The van der Waals surface area contributed by atoms with Gasteiger partial charge in [0.15, 0.2) is 0 Å². The van der Waals surface area contributed by atoms with Crippen LogP contribution in [0, 0.1) is 6.92 Å². The molecule has 0 unspecified atom stereocenters. The Morgan fingerprint density at radius 3 is 2.83 bits per heavy atom. The van der Waals surface area contributed by atoms with Crippen LogP contribution in [0.5, 0.6) is 0 Å². The molecule has 0 radical (unpaired) electrons. The minimum atomic E-state index is -3.58. The standard InChI is InChI=1S/C16H18N4O2S/c1-13-11-18-20(12-13)10-4-9-19-23(21,22)15-7-2-5-14-6-3-8-17-16(14)15/h2-3,5-8,11-12,19H,4,9-10H2,1H3. The van der Waals surface area contributed by atoms with Crippen molar-refractivity contribution in [3.8, 4) is 0 Å². The zero-order valence-corrected chi connectivity index (χ0v) is 13.6. The van der Waals surface area contributed by atoms with Crippen molar-refractivity contribution >= 4 is 20.9 Å². The van der Waals surface area contributed by atoms with Gasteiger partial charge >= 0.3 is 0 Å². The van der Waals surface area contributed by atoms with Crippen LogP contribution in [-0.2, 0) is 16.6 Å². The first-order valence-electron chi connectivity index (χ1n) is 7.39. The van der Waals surface area contributed by atoms with Gasteiger partial charge in [0.05, 0.1) is 11.7 Å². The Morgan fingerprint density at radius 1 is 1.22 bits per heavy atom. The number of aryl methyl sites for hydroxylation is 2. The number of fused-ring (bicyclic) bond motifs is 1. The molecule has 2 aromatic heterocycles. The molecule has 0 atom stereocenters. The molecule has 2 heterocycles. The zero-order chi connectivity index (χ0) is 16.3. The van der Waals surface area contributed by atoms with Crippen LogP contribution in [0.1, 0.15) is 12.0 Å². The van der Waals surface area contributed by atoms with Crippen LogP contribution in [0.3, 0.4) is 0 Å². The van der Waals surface area contributed by atoms with E-state index in [0.29, 0.717) is 25.0 Å². The molecule has 3 aromatic rings. The summed E-state index contributed by atoms with van der Waals surface area (Å²) in [7, 11) is -3.58. The van der Waals surface area contributed by atoms with Gasteiger partial charge in [0, 0.05) is 30.9 Å². The van der Waals surface area contributed by atoms with Gasteiger partial charge in [-0.25, -0.2) is 13.1 Å². The topological polar surface area (TPSA) is 76.9 Å². The summed E-state index contributed by atoms with van der Waals surface area (Å²) in [5.41, 5.74) is 1.58. The Balaban J connectivity index is 1.68. The Labute approximate surface area is 135 Å². The third-order valence-corrected chi connectivity index (χ3v) is 5.00. The molecule has 3 rings (SSSR count). The highest BCUT2D eigenvalue weighted by Crippen LogP contribution is 2.20. The van der Waals surface area contributed by atoms with Crippen LogP contribution in [0.15, 0.2) is 53.8 Å². The van der Waals surface area contributed by atoms with Crippen molar-refractivity contribution < 1.29 is 8.42 Å². The van der Waals surface area contributed by atoms with Crippen molar-refractivity contribution in [2.75, 3.05) is 6.54 Å². The number of nitrogens with one attached hydrogen (secondary N) is 1. The number of sulfonamides is 1. The van der Waals surface area contributed by atoms with Crippen molar-refractivity contribution in [1.82, 2.24) is 19.5 Å². The van der Waals surface area contributed by atoms with Crippen molar-refractivity contribution in [2.24, 2.45) is 0 Å². The first-order valence-corrected chi connectivity index (χ1v) is 8.87. The average Bonchev–Trinajstić information content (AvgIpc) is 2.96. The fourth-order valence-corrected chi connectivity index (χ4v) is 3.66. The van der Waals surface area contributed by atoms with E-state index in [-0.39, 0.29) is 4.90 Å². The summed E-state index contributed by atoms with van der Waals surface area (Å²) < 4.78 is 29.4. The van der Waals surface area contributed by atoms with Crippen LogP contribution >= 0.6 is 0 Å². The predicted molar refractivity (Wildman–Crippen MR) is 88.5 cm³/mol. The second kappa shape index (κ2) is 6.47. The highest BCUT2D eigenvalue weighted by molar-refractivity contribution is 7.89. The Hall–Kier alpha value is -2.25. The average molecular weight is 330 g/mol.